The van der Waals surface area contributed by atoms with E-state index in [4.69, 9.17) is 9.47 Å². The first kappa shape index (κ1) is 12.9. The molecule has 80 valence electrons. The lowest BCUT2D eigenvalue weighted by molar-refractivity contribution is -0.154. The van der Waals surface area contributed by atoms with Crippen LogP contribution in [0.1, 0.15) is 34.1 Å². The zero-order valence-electron chi connectivity index (χ0n) is 9.30. The van der Waals surface area contributed by atoms with Crippen LogP contribution in [0.4, 0.5) is 0 Å². The molecule has 3 heteroatoms. The van der Waals surface area contributed by atoms with E-state index in [1.807, 2.05) is 13.8 Å². The summed E-state index contributed by atoms with van der Waals surface area (Å²) < 4.78 is 11.0. The summed E-state index contributed by atoms with van der Waals surface area (Å²) >= 11 is 0. The van der Waals surface area contributed by atoms with Crippen LogP contribution in [0.3, 0.4) is 0 Å². The maximum Gasteiger partial charge on any atom is 0.172 e. The minimum Gasteiger partial charge on any atom is -0.351 e. The summed E-state index contributed by atoms with van der Waals surface area (Å²) in [7, 11) is 0. The van der Waals surface area contributed by atoms with E-state index in [9.17, 15) is 0 Å². The molecular weight excluding hydrogens is 166 g/mol. The summed E-state index contributed by atoms with van der Waals surface area (Å²) in [6, 6.07) is 0.310. The van der Waals surface area contributed by atoms with Crippen LogP contribution in [0.5, 0.6) is 0 Å². The fourth-order valence-electron chi connectivity index (χ4n) is 1.30. The predicted molar refractivity (Wildman–Crippen MR) is 54.8 cm³/mol. The molecule has 1 unspecified atom stereocenters. The Morgan fingerprint density at radius 2 is 1.54 bits per heavy atom. The van der Waals surface area contributed by atoms with Crippen molar-refractivity contribution in [1.29, 1.82) is 0 Å². The van der Waals surface area contributed by atoms with Crippen LogP contribution in [0.25, 0.3) is 0 Å². The van der Waals surface area contributed by atoms with E-state index in [1.54, 1.807) is 0 Å². The molecule has 0 heterocycles. The maximum atomic E-state index is 5.50. The van der Waals surface area contributed by atoms with E-state index in [0.717, 1.165) is 13.0 Å². The van der Waals surface area contributed by atoms with Crippen LogP contribution in [0, 0.1) is 0 Å². The van der Waals surface area contributed by atoms with Gasteiger partial charge in [-0.2, -0.15) is 0 Å². The summed E-state index contributed by atoms with van der Waals surface area (Å²) in [6.45, 7) is 10.6. The van der Waals surface area contributed by atoms with Crippen LogP contribution < -0.4 is 5.32 Å². The van der Waals surface area contributed by atoms with Crippen LogP contribution in [-0.4, -0.2) is 32.1 Å². The lowest BCUT2D eigenvalue weighted by Gasteiger charge is -2.26. The van der Waals surface area contributed by atoms with Crippen LogP contribution in [0.15, 0.2) is 0 Å². The van der Waals surface area contributed by atoms with Crippen molar-refractivity contribution >= 4 is 0 Å². The standard InChI is InChI=1S/C10H23NO2/c1-5-9(11-6-2)10(12-7-3)13-8-4/h9-11H,5-8H2,1-4H3. The lowest BCUT2D eigenvalue weighted by Crippen LogP contribution is -2.42. The second-order valence-corrected chi connectivity index (χ2v) is 2.85. The van der Waals surface area contributed by atoms with Gasteiger partial charge in [-0.1, -0.05) is 13.8 Å². The number of hydrogen-bond acceptors (Lipinski definition) is 3. The molecule has 0 saturated heterocycles. The molecule has 0 radical (unpaired) electrons. The summed E-state index contributed by atoms with van der Waals surface area (Å²) in [5.41, 5.74) is 0. The van der Waals surface area contributed by atoms with Gasteiger partial charge < -0.3 is 14.8 Å². The first-order chi connectivity index (χ1) is 6.29. The van der Waals surface area contributed by atoms with Crippen molar-refractivity contribution in [1.82, 2.24) is 5.32 Å². The van der Waals surface area contributed by atoms with E-state index in [1.165, 1.54) is 0 Å². The zero-order chi connectivity index (χ0) is 10.1. The van der Waals surface area contributed by atoms with Crippen LogP contribution >= 0.6 is 0 Å². The van der Waals surface area contributed by atoms with Crippen molar-refractivity contribution < 1.29 is 9.47 Å². The highest BCUT2D eigenvalue weighted by Crippen LogP contribution is 2.05. The van der Waals surface area contributed by atoms with Gasteiger partial charge in [0.2, 0.25) is 0 Å². The Morgan fingerprint density at radius 3 is 1.85 bits per heavy atom. The van der Waals surface area contributed by atoms with Gasteiger partial charge in [-0.05, 0) is 26.8 Å². The summed E-state index contributed by atoms with van der Waals surface area (Å²) in [5, 5.41) is 3.35. The van der Waals surface area contributed by atoms with E-state index in [2.05, 4.69) is 19.2 Å². The van der Waals surface area contributed by atoms with Gasteiger partial charge in [0.1, 0.15) is 0 Å². The number of rotatable bonds is 8. The minimum atomic E-state index is -0.0973. The fourth-order valence-corrected chi connectivity index (χ4v) is 1.30. The Morgan fingerprint density at radius 1 is 1.00 bits per heavy atom. The minimum absolute atomic E-state index is 0.0973. The normalized spacial score (nSPS) is 13.6. The molecule has 0 saturated carbocycles. The van der Waals surface area contributed by atoms with E-state index >= 15 is 0 Å². The van der Waals surface area contributed by atoms with Crippen molar-refractivity contribution in [2.75, 3.05) is 19.8 Å². The molecule has 3 nitrogen and oxygen atoms in total. The molecule has 0 aromatic heterocycles. The van der Waals surface area contributed by atoms with Gasteiger partial charge in [-0.3, -0.25) is 0 Å². The molecule has 0 spiro atoms. The molecule has 0 aromatic rings. The summed E-state index contributed by atoms with van der Waals surface area (Å²) in [4.78, 5) is 0. The highest BCUT2D eigenvalue weighted by Gasteiger charge is 2.18. The second-order valence-electron chi connectivity index (χ2n) is 2.85. The van der Waals surface area contributed by atoms with Crippen LogP contribution in [-0.2, 0) is 9.47 Å². The lowest BCUT2D eigenvalue weighted by atomic mass is 10.2. The van der Waals surface area contributed by atoms with Crippen molar-refractivity contribution in [3.8, 4) is 0 Å². The number of hydrogen-bond donors (Lipinski definition) is 1. The Hall–Kier alpha value is -0.120. The highest BCUT2D eigenvalue weighted by atomic mass is 16.7. The van der Waals surface area contributed by atoms with Gasteiger partial charge >= 0.3 is 0 Å². The van der Waals surface area contributed by atoms with Gasteiger partial charge in [0.15, 0.2) is 6.29 Å². The Balaban J connectivity index is 3.94. The largest absolute Gasteiger partial charge is 0.351 e. The molecule has 1 atom stereocenters. The Bertz CT molecular complexity index is 103. The van der Waals surface area contributed by atoms with Crippen molar-refractivity contribution in [2.45, 2.75) is 46.4 Å². The van der Waals surface area contributed by atoms with Gasteiger partial charge in [0.05, 0.1) is 6.04 Å². The van der Waals surface area contributed by atoms with Crippen molar-refractivity contribution in [2.24, 2.45) is 0 Å². The van der Waals surface area contributed by atoms with Crippen LogP contribution in [0.2, 0.25) is 0 Å². The first-order valence-corrected chi connectivity index (χ1v) is 5.26. The average molecular weight is 189 g/mol. The fraction of sp³-hybridized carbons (Fsp3) is 1.00. The Labute approximate surface area is 81.8 Å². The number of likely N-dealkylation sites (N-methyl/N-ethyl adjacent to an activating group) is 1. The SMILES string of the molecule is CCNC(CC)C(OCC)OCC. The quantitative estimate of drug-likeness (QED) is 0.590. The molecule has 0 aliphatic rings. The van der Waals surface area contributed by atoms with Crippen molar-refractivity contribution in [3.63, 3.8) is 0 Å². The third-order valence-corrected chi connectivity index (χ3v) is 1.90. The maximum absolute atomic E-state index is 5.50. The number of ether oxygens (including phenoxy) is 2. The van der Waals surface area contributed by atoms with Crippen molar-refractivity contribution in [3.05, 3.63) is 0 Å². The third-order valence-electron chi connectivity index (χ3n) is 1.90. The number of nitrogens with one attached hydrogen (secondary N) is 1. The molecule has 0 rings (SSSR count). The molecule has 13 heavy (non-hydrogen) atoms. The molecule has 1 N–H and O–H groups in total. The summed E-state index contributed by atoms with van der Waals surface area (Å²) in [5.74, 6) is 0. The molecule has 0 fully saturated rings. The second kappa shape index (κ2) is 8.48. The van der Waals surface area contributed by atoms with Gasteiger partial charge in [0, 0.05) is 13.2 Å². The van der Waals surface area contributed by atoms with Gasteiger partial charge in [-0.25, -0.2) is 0 Å². The molecule has 0 bridgehead atoms. The molecule has 0 aliphatic carbocycles. The molecular formula is C10H23NO2. The zero-order valence-corrected chi connectivity index (χ0v) is 9.30. The molecule has 0 aromatic carbocycles. The van der Waals surface area contributed by atoms with E-state index in [0.29, 0.717) is 19.3 Å². The molecule has 0 aliphatic heterocycles. The smallest absolute Gasteiger partial charge is 0.172 e. The summed E-state index contributed by atoms with van der Waals surface area (Å²) in [6.07, 6.45) is 0.929. The molecule has 0 amide bonds. The first-order valence-electron chi connectivity index (χ1n) is 5.26. The third kappa shape index (κ3) is 5.24. The van der Waals surface area contributed by atoms with Gasteiger partial charge in [-0.15, -0.1) is 0 Å². The van der Waals surface area contributed by atoms with E-state index in [-0.39, 0.29) is 6.29 Å². The average Bonchev–Trinajstić information content (AvgIpc) is 2.14. The van der Waals surface area contributed by atoms with Gasteiger partial charge in [0.25, 0.3) is 0 Å². The Kier molecular flexibility index (Phi) is 8.40. The topological polar surface area (TPSA) is 30.5 Å². The highest BCUT2D eigenvalue weighted by molar-refractivity contribution is 4.68. The predicted octanol–water partition coefficient (Wildman–Crippen LogP) is 1.77. The monoisotopic (exact) mass is 189 g/mol. The van der Waals surface area contributed by atoms with E-state index < -0.39 is 0 Å².